The molecule has 158 valence electrons. The van der Waals surface area contributed by atoms with Crippen molar-refractivity contribution in [3.63, 3.8) is 0 Å². The van der Waals surface area contributed by atoms with Gasteiger partial charge in [-0.05, 0) is 60.5 Å². The summed E-state index contributed by atoms with van der Waals surface area (Å²) in [5, 5.41) is 3.36. The van der Waals surface area contributed by atoms with Crippen molar-refractivity contribution in [3.05, 3.63) is 94.8 Å². The van der Waals surface area contributed by atoms with Crippen LogP contribution in [0, 0.1) is 12.7 Å². The number of nitrogens with one attached hydrogen (secondary N) is 1. The summed E-state index contributed by atoms with van der Waals surface area (Å²) in [5.74, 6) is -0.337. The Morgan fingerprint density at radius 1 is 1.00 bits per heavy atom. The first-order valence-electron chi connectivity index (χ1n) is 9.40. The summed E-state index contributed by atoms with van der Waals surface area (Å²) in [6.45, 7) is 2.18. The van der Waals surface area contributed by atoms with Gasteiger partial charge in [0.05, 0.1) is 4.90 Å². The molecule has 1 N–H and O–H groups in total. The van der Waals surface area contributed by atoms with Crippen molar-refractivity contribution in [1.29, 1.82) is 0 Å². The fourth-order valence-corrected chi connectivity index (χ4v) is 4.44. The molecule has 0 unspecified atom stereocenters. The molecule has 0 aliphatic carbocycles. The van der Waals surface area contributed by atoms with Crippen LogP contribution < -0.4 is 5.32 Å². The summed E-state index contributed by atoms with van der Waals surface area (Å²) in [6, 6.07) is 19.1. The molecule has 0 bridgehead atoms. The molecule has 0 atom stereocenters. The fraction of sp³-hybridized carbons (Fsp3) is 0.0870. The first-order chi connectivity index (χ1) is 14.8. The molecule has 4 aromatic rings. The number of oxazole rings is 1. The number of anilines is 1. The van der Waals surface area contributed by atoms with E-state index in [0.29, 0.717) is 17.1 Å². The molecule has 1 heterocycles. The molecule has 31 heavy (non-hydrogen) atoms. The van der Waals surface area contributed by atoms with E-state index in [1.165, 1.54) is 12.1 Å². The maximum atomic E-state index is 13.3. The SMILES string of the molecule is Cc1ccccc1-c1nc(S(=O)(=O)c2ccc(F)cc2)c(NCc2ccc(Cl)cc2)o1. The van der Waals surface area contributed by atoms with Crippen LogP contribution in [0.25, 0.3) is 11.5 Å². The number of rotatable bonds is 6. The predicted octanol–water partition coefficient (Wildman–Crippen LogP) is 5.89. The minimum atomic E-state index is -4.05. The van der Waals surface area contributed by atoms with Crippen LogP contribution in [-0.4, -0.2) is 13.4 Å². The highest BCUT2D eigenvalue weighted by Gasteiger charge is 2.29. The maximum Gasteiger partial charge on any atom is 0.234 e. The van der Waals surface area contributed by atoms with Gasteiger partial charge in [-0.2, -0.15) is 4.98 Å². The van der Waals surface area contributed by atoms with Gasteiger partial charge in [0.1, 0.15) is 5.82 Å². The Bertz CT molecular complexity index is 1320. The van der Waals surface area contributed by atoms with Crippen LogP contribution in [0.5, 0.6) is 0 Å². The summed E-state index contributed by atoms with van der Waals surface area (Å²) in [5.41, 5.74) is 2.44. The third-order valence-electron chi connectivity index (χ3n) is 4.72. The van der Waals surface area contributed by atoms with Gasteiger partial charge in [0, 0.05) is 17.1 Å². The lowest BCUT2D eigenvalue weighted by molar-refractivity contribution is 0.576. The summed E-state index contributed by atoms with van der Waals surface area (Å²) >= 11 is 5.92. The smallest absolute Gasteiger partial charge is 0.234 e. The fourth-order valence-electron chi connectivity index (χ4n) is 3.04. The molecule has 5 nitrogen and oxygen atoms in total. The summed E-state index contributed by atoms with van der Waals surface area (Å²) in [6.07, 6.45) is 0. The number of hydrogen-bond acceptors (Lipinski definition) is 5. The zero-order chi connectivity index (χ0) is 22.0. The van der Waals surface area contributed by atoms with Crippen molar-refractivity contribution in [3.8, 4) is 11.5 Å². The second kappa shape index (κ2) is 8.53. The van der Waals surface area contributed by atoms with Crippen LogP contribution in [0.3, 0.4) is 0 Å². The van der Waals surface area contributed by atoms with E-state index in [-0.39, 0.29) is 21.7 Å². The lowest BCUT2D eigenvalue weighted by atomic mass is 10.1. The maximum absolute atomic E-state index is 13.3. The molecule has 0 amide bonds. The third kappa shape index (κ3) is 4.47. The number of aromatic nitrogens is 1. The van der Waals surface area contributed by atoms with Crippen molar-refractivity contribution in [1.82, 2.24) is 4.98 Å². The number of benzene rings is 3. The highest BCUT2D eigenvalue weighted by Crippen LogP contribution is 2.33. The van der Waals surface area contributed by atoms with E-state index in [9.17, 15) is 12.8 Å². The number of nitrogens with zero attached hydrogens (tertiary/aromatic N) is 1. The van der Waals surface area contributed by atoms with Crippen LogP contribution in [0.4, 0.5) is 10.3 Å². The van der Waals surface area contributed by atoms with Crippen molar-refractivity contribution in [2.75, 3.05) is 5.32 Å². The number of sulfone groups is 1. The zero-order valence-electron chi connectivity index (χ0n) is 16.5. The van der Waals surface area contributed by atoms with Crippen LogP contribution in [0.2, 0.25) is 5.02 Å². The molecule has 0 saturated carbocycles. The van der Waals surface area contributed by atoms with Crippen molar-refractivity contribution < 1.29 is 17.2 Å². The first-order valence-corrected chi connectivity index (χ1v) is 11.3. The van der Waals surface area contributed by atoms with Crippen molar-refractivity contribution >= 4 is 27.3 Å². The Hall–Kier alpha value is -3.16. The minimum absolute atomic E-state index is 0.0116. The van der Waals surface area contributed by atoms with Gasteiger partial charge in [-0.15, -0.1) is 0 Å². The Labute approximate surface area is 184 Å². The molecule has 0 radical (unpaired) electrons. The standard InChI is InChI=1S/C23H18ClFN2O3S/c1-15-4-2-3-5-20(15)21-27-23(31(28,29)19-12-10-18(25)11-13-19)22(30-21)26-14-16-6-8-17(24)9-7-16/h2-13,26H,14H2,1H3. The van der Waals surface area contributed by atoms with Crippen molar-refractivity contribution in [2.45, 2.75) is 23.4 Å². The van der Waals surface area contributed by atoms with E-state index in [1.807, 2.05) is 37.3 Å². The van der Waals surface area contributed by atoms with E-state index in [0.717, 1.165) is 23.3 Å². The Morgan fingerprint density at radius 2 is 1.68 bits per heavy atom. The quantitative estimate of drug-likeness (QED) is 0.366. The monoisotopic (exact) mass is 456 g/mol. The van der Waals surface area contributed by atoms with Gasteiger partial charge >= 0.3 is 0 Å². The first kappa shape index (κ1) is 21.1. The molecule has 0 aliphatic heterocycles. The van der Waals surface area contributed by atoms with Gasteiger partial charge < -0.3 is 9.73 Å². The van der Waals surface area contributed by atoms with Gasteiger partial charge in [-0.1, -0.05) is 41.9 Å². The normalized spacial score (nSPS) is 11.5. The van der Waals surface area contributed by atoms with E-state index < -0.39 is 15.7 Å². The van der Waals surface area contributed by atoms with E-state index >= 15 is 0 Å². The largest absolute Gasteiger partial charge is 0.419 e. The molecule has 8 heteroatoms. The molecule has 1 aromatic heterocycles. The van der Waals surface area contributed by atoms with Gasteiger partial charge in [0.25, 0.3) is 0 Å². The molecule has 4 rings (SSSR count). The average Bonchev–Trinajstić information content (AvgIpc) is 3.19. The third-order valence-corrected chi connectivity index (χ3v) is 6.65. The number of aryl methyl sites for hydroxylation is 1. The molecule has 3 aromatic carbocycles. The molecule has 0 aliphatic rings. The Morgan fingerprint density at radius 3 is 2.35 bits per heavy atom. The molecular formula is C23H18ClFN2O3S. The number of hydrogen-bond donors (Lipinski definition) is 1. The molecule has 0 fully saturated rings. The van der Waals surface area contributed by atoms with E-state index in [4.69, 9.17) is 16.0 Å². The molecular weight excluding hydrogens is 439 g/mol. The topological polar surface area (TPSA) is 72.2 Å². The van der Waals surface area contributed by atoms with Crippen LogP contribution in [0.15, 0.2) is 87.1 Å². The molecule has 0 saturated heterocycles. The zero-order valence-corrected chi connectivity index (χ0v) is 18.0. The van der Waals surface area contributed by atoms with Gasteiger partial charge in [0.15, 0.2) is 0 Å². The van der Waals surface area contributed by atoms with E-state index in [1.54, 1.807) is 18.2 Å². The predicted molar refractivity (Wildman–Crippen MR) is 117 cm³/mol. The van der Waals surface area contributed by atoms with Gasteiger partial charge in [0.2, 0.25) is 26.6 Å². The second-order valence-corrected chi connectivity index (χ2v) is 9.21. The Kier molecular flexibility index (Phi) is 5.80. The van der Waals surface area contributed by atoms with E-state index in [2.05, 4.69) is 10.3 Å². The second-order valence-electron chi connectivity index (χ2n) is 6.91. The van der Waals surface area contributed by atoms with Crippen molar-refractivity contribution in [2.24, 2.45) is 0 Å². The van der Waals surface area contributed by atoms with Crippen LogP contribution in [-0.2, 0) is 16.4 Å². The minimum Gasteiger partial charge on any atom is -0.419 e. The lowest BCUT2D eigenvalue weighted by Gasteiger charge is -2.06. The van der Waals surface area contributed by atoms with Gasteiger partial charge in [-0.25, -0.2) is 12.8 Å². The number of halogens is 2. The molecule has 0 spiro atoms. The highest BCUT2D eigenvalue weighted by molar-refractivity contribution is 7.91. The van der Waals surface area contributed by atoms with Gasteiger partial charge in [-0.3, -0.25) is 0 Å². The van der Waals surface area contributed by atoms with Crippen LogP contribution >= 0.6 is 11.6 Å². The summed E-state index contributed by atoms with van der Waals surface area (Å²) in [7, 11) is -4.05. The van der Waals surface area contributed by atoms with Crippen LogP contribution in [0.1, 0.15) is 11.1 Å². The summed E-state index contributed by atoms with van der Waals surface area (Å²) in [4.78, 5) is 4.23. The Balaban J connectivity index is 1.77. The lowest BCUT2D eigenvalue weighted by Crippen LogP contribution is -2.07. The summed E-state index contributed by atoms with van der Waals surface area (Å²) < 4.78 is 45.7. The average molecular weight is 457 g/mol. The highest BCUT2D eigenvalue weighted by atomic mass is 35.5.